The zero-order chi connectivity index (χ0) is 14.7. The highest BCUT2D eigenvalue weighted by atomic mass is 32.2. The van der Waals surface area contributed by atoms with Crippen LogP contribution >= 0.6 is 11.8 Å². The topological polar surface area (TPSA) is 69.6 Å². The van der Waals surface area contributed by atoms with Crippen LogP contribution in [0.15, 0.2) is 0 Å². The van der Waals surface area contributed by atoms with Gasteiger partial charge in [-0.05, 0) is 13.8 Å². The molecular weight excluding hydrogens is 264 g/mol. The van der Waals surface area contributed by atoms with Crippen molar-refractivity contribution in [3.63, 3.8) is 0 Å². The summed E-state index contributed by atoms with van der Waals surface area (Å²) in [6, 6.07) is 0.223. The quantitative estimate of drug-likeness (QED) is 0.586. The zero-order valence-corrected chi connectivity index (χ0v) is 13.0. The van der Waals surface area contributed by atoms with E-state index in [2.05, 4.69) is 5.32 Å². The van der Waals surface area contributed by atoms with Gasteiger partial charge in [0.15, 0.2) is 0 Å². The molecule has 0 radical (unpaired) electrons. The van der Waals surface area contributed by atoms with Crippen molar-refractivity contribution in [1.82, 2.24) is 10.2 Å². The van der Waals surface area contributed by atoms with Crippen molar-refractivity contribution in [2.24, 2.45) is 0 Å². The summed E-state index contributed by atoms with van der Waals surface area (Å²) in [6.07, 6.45) is 0.987. The minimum atomic E-state index is -0.0353. The lowest BCUT2D eigenvalue weighted by Crippen LogP contribution is -2.38. The van der Waals surface area contributed by atoms with Crippen molar-refractivity contribution in [1.29, 1.82) is 0 Å². The number of aliphatic hydroxyl groups excluding tert-OH is 1. The van der Waals surface area contributed by atoms with Crippen molar-refractivity contribution < 1.29 is 14.7 Å². The Bertz CT molecular complexity index is 273. The third kappa shape index (κ3) is 8.88. The third-order valence-corrected chi connectivity index (χ3v) is 3.59. The Morgan fingerprint density at radius 1 is 1.32 bits per heavy atom. The number of amides is 2. The van der Waals surface area contributed by atoms with Gasteiger partial charge in [-0.3, -0.25) is 9.59 Å². The molecule has 0 bridgehead atoms. The standard InChI is InChI=1S/C13H26N2O3S/c1-4-13(18)15(11(2)3)7-10-19-9-5-12(17)14-6-8-16/h11,16H,4-10H2,1-3H3,(H,14,17). The van der Waals surface area contributed by atoms with E-state index >= 15 is 0 Å². The van der Waals surface area contributed by atoms with Crippen LogP contribution in [0, 0.1) is 0 Å². The van der Waals surface area contributed by atoms with Gasteiger partial charge in [0, 0.05) is 43.5 Å². The lowest BCUT2D eigenvalue weighted by atomic mass is 10.3. The Labute approximate surface area is 120 Å². The molecule has 6 heteroatoms. The van der Waals surface area contributed by atoms with Gasteiger partial charge in [0.05, 0.1) is 6.61 Å². The fraction of sp³-hybridized carbons (Fsp3) is 0.846. The molecule has 0 unspecified atom stereocenters. The van der Waals surface area contributed by atoms with Crippen molar-refractivity contribution in [3.8, 4) is 0 Å². The van der Waals surface area contributed by atoms with Crippen LogP contribution in [0.5, 0.6) is 0 Å². The average Bonchev–Trinajstić information content (AvgIpc) is 2.39. The predicted octanol–water partition coefficient (Wildman–Crippen LogP) is 0.865. The number of hydrogen-bond acceptors (Lipinski definition) is 4. The zero-order valence-electron chi connectivity index (χ0n) is 12.1. The summed E-state index contributed by atoms with van der Waals surface area (Å²) in [5.74, 6) is 1.73. The molecule has 0 saturated heterocycles. The Morgan fingerprint density at radius 2 is 2.00 bits per heavy atom. The number of carbonyl (C=O) groups excluding carboxylic acids is 2. The summed E-state index contributed by atoms with van der Waals surface area (Å²) in [6.45, 7) is 6.92. The SMILES string of the molecule is CCC(=O)N(CCSCCC(=O)NCCO)C(C)C. The van der Waals surface area contributed by atoms with Crippen LogP contribution in [0.3, 0.4) is 0 Å². The largest absolute Gasteiger partial charge is 0.395 e. The van der Waals surface area contributed by atoms with E-state index in [0.717, 1.165) is 18.1 Å². The van der Waals surface area contributed by atoms with Gasteiger partial charge in [0.1, 0.15) is 0 Å². The van der Waals surface area contributed by atoms with Crippen molar-refractivity contribution in [2.45, 2.75) is 39.7 Å². The molecule has 19 heavy (non-hydrogen) atoms. The Kier molecular flexibility index (Phi) is 10.7. The van der Waals surface area contributed by atoms with Crippen LogP contribution in [0.1, 0.15) is 33.6 Å². The summed E-state index contributed by atoms with van der Waals surface area (Å²) in [5.41, 5.74) is 0. The van der Waals surface area contributed by atoms with Crippen LogP contribution in [0.2, 0.25) is 0 Å². The number of aliphatic hydroxyl groups is 1. The van der Waals surface area contributed by atoms with Crippen molar-refractivity contribution in [2.75, 3.05) is 31.2 Å². The molecule has 2 N–H and O–H groups in total. The molecule has 0 aromatic heterocycles. The summed E-state index contributed by atoms with van der Waals surface area (Å²) >= 11 is 1.67. The minimum absolute atomic E-state index is 0.0264. The maximum Gasteiger partial charge on any atom is 0.222 e. The van der Waals surface area contributed by atoms with Gasteiger partial charge < -0.3 is 15.3 Å². The molecule has 0 rings (SSSR count). The first kappa shape index (κ1) is 18.2. The van der Waals surface area contributed by atoms with Crippen LogP contribution in [-0.2, 0) is 9.59 Å². The van der Waals surface area contributed by atoms with Crippen LogP contribution in [0.25, 0.3) is 0 Å². The highest BCUT2D eigenvalue weighted by molar-refractivity contribution is 7.99. The summed E-state index contributed by atoms with van der Waals surface area (Å²) < 4.78 is 0. The molecule has 0 saturated carbocycles. The second kappa shape index (κ2) is 11.1. The molecule has 2 amide bonds. The molecule has 112 valence electrons. The van der Waals surface area contributed by atoms with Gasteiger partial charge in [-0.1, -0.05) is 6.92 Å². The molecule has 0 heterocycles. The Hall–Kier alpha value is -0.750. The molecule has 5 nitrogen and oxygen atoms in total. The van der Waals surface area contributed by atoms with E-state index in [1.807, 2.05) is 25.7 Å². The first-order chi connectivity index (χ1) is 9.02. The number of thioether (sulfide) groups is 1. The van der Waals surface area contributed by atoms with E-state index < -0.39 is 0 Å². The minimum Gasteiger partial charge on any atom is -0.395 e. The highest BCUT2D eigenvalue weighted by Crippen LogP contribution is 2.07. The van der Waals surface area contributed by atoms with Crippen molar-refractivity contribution in [3.05, 3.63) is 0 Å². The second-order valence-corrected chi connectivity index (χ2v) is 5.70. The van der Waals surface area contributed by atoms with E-state index in [1.165, 1.54) is 0 Å². The first-order valence-corrected chi connectivity index (χ1v) is 7.93. The number of carbonyl (C=O) groups is 2. The fourth-order valence-electron chi connectivity index (χ4n) is 1.59. The van der Waals surface area contributed by atoms with Gasteiger partial charge in [-0.25, -0.2) is 0 Å². The third-order valence-electron chi connectivity index (χ3n) is 2.63. The fourth-order valence-corrected chi connectivity index (χ4v) is 2.45. The molecule has 0 fully saturated rings. The highest BCUT2D eigenvalue weighted by Gasteiger charge is 2.14. The normalized spacial score (nSPS) is 10.6. The number of nitrogens with one attached hydrogen (secondary N) is 1. The Morgan fingerprint density at radius 3 is 2.53 bits per heavy atom. The lowest BCUT2D eigenvalue weighted by molar-refractivity contribution is -0.132. The predicted molar refractivity (Wildman–Crippen MR) is 79.2 cm³/mol. The van der Waals surface area contributed by atoms with E-state index in [1.54, 1.807) is 11.8 Å². The van der Waals surface area contributed by atoms with E-state index in [4.69, 9.17) is 5.11 Å². The summed E-state index contributed by atoms with van der Waals surface area (Å²) in [4.78, 5) is 24.8. The molecule has 0 aromatic carbocycles. The monoisotopic (exact) mass is 290 g/mol. The maximum absolute atomic E-state index is 11.7. The second-order valence-electron chi connectivity index (χ2n) is 4.47. The summed E-state index contributed by atoms with van der Waals surface area (Å²) in [5, 5.41) is 11.2. The molecule has 0 aromatic rings. The molecular formula is C13H26N2O3S. The van der Waals surface area contributed by atoms with E-state index in [-0.39, 0.29) is 24.5 Å². The molecule has 0 aliphatic rings. The molecule has 0 spiro atoms. The molecule has 0 atom stereocenters. The average molecular weight is 290 g/mol. The number of hydrogen-bond donors (Lipinski definition) is 2. The van der Waals surface area contributed by atoms with E-state index in [9.17, 15) is 9.59 Å². The van der Waals surface area contributed by atoms with Gasteiger partial charge in [0.2, 0.25) is 11.8 Å². The molecule has 0 aliphatic heterocycles. The van der Waals surface area contributed by atoms with Gasteiger partial charge in [0.25, 0.3) is 0 Å². The Balaban J connectivity index is 3.71. The number of nitrogens with zero attached hydrogens (tertiary/aromatic N) is 1. The van der Waals surface area contributed by atoms with Gasteiger partial charge in [-0.15, -0.1) is 0 Å². The summed E-state index contributed by atoms with van der Waals surface area (Å²) in [7, 11) is 0. The lowest BCUT2D eigenvalue weighted by Gasteiger charge is -2.26. The van der Waals surface area contributed by atoms with Crippen LogP contribution < -0.4 is 5.32 Å². The number of rotatable bonds is 10. The van der Waals surface area contributed by atoms with E-state index in [0.29, 0.717) is 19.4 Å². The van der Waals surface area contributed by atoms with Crippen LogP contribution in [-0.4, -0.2) is 59.1 Å². The first-order valence-electron chi connectivity index (χ1n) is 6.77. The van der Waals surface area contributed by atoms with Gasteiger partial charge in [-0.2, -0.15) is 11.8 Å². The smallest absolute Gasteiger partial charge is 0.222 e. The maximum atomic E-state index is 11.7. The van der Waals surface area contributed by atoms with Crippen LogP contribution in [0.4, 0.5) is 0 Å². The molecule has 0 aliphatic carbocycles. The van der Waals surface area contributed by atoms with Crippen molar-refractivity contribution >= 4 is 23.6 Å². The van der Waals surface area contributed by atoms with Gasteiger partial charge >= 0.3 is 0 Å².